The van der Waals surface area contributed by atoms with E-state index in [4.69, 9.17) is 17.1 Å². The summed E-state index contributed by atoms with van der Waals surface area (Å²) in [5.74, 6) is 0. The summed E-state index contributed by atoms with van der Waals surface area (Å²) < 4.78 is 35.4. The van der Waals surface area contributed by atoms with E-state index in [0.29, 0.717) is 35.9 Å². The number of piperazine rings is 1. The van der Waals surface area contributed by atoms with Crippen LogP contribution < -0.4 is 10.6 Å². The maximum Gasteiger partial charge on any atom is 0.350 e. The zero-order valence-corrected chi connectivity index (χ0v) is 14.9. The fraction of sp³-hybridized carbons (Fsp3) is 0.368. The molecule has 0 atom stereocenters. The topological polar surface area (TPSA) is 45.8 Å². The van der Waals surface area contributed by atoms with Gasteiger partial charge in [-0.05, 0) is 36.7 Å². The van der Waals surface area contributed by atoms with Crippen molar-refractivity contribution in [2.75, 3.05) is 37.6 Å². The minimum absolute atomic E-state index is 0.149. The Kier molecular flexibility index (Phi) is 3.74. The third-order valence-electron chi connectivity index (χ3n) is 4.46. The van der Waals surface area contributed by atoms with Gasteiger partial charge in [0.2, 0.25) is 0 Å². The summed E-state index contributed by atoms with van der Waals surface area (Å²) in [4.78, 5) is 16.6. The molecule has 1 fully saturated rings. The van der Waals surface area contributed by atoms with Gasteiger partial charge in [0.1, 0.15) is 0 Å². The number of halogens is 1. The highest BCUT2D eigenvalue weighted by Crippen LogP contribution is 2.20. The molecule has 0 bridgehead atoms. The molecule has 0 spiro atoms. The van der Waals surface area contributed by atoms with Gasteiger partial charge in [0.05, 0.1) is 2.74 Å². The van der Waals surface area contributed by atoms with Crippen molar-refractivity contribution in [2.45, 2.75) is 12.9 Å². The Hall–Kier alpha value is -2.31. The molecule has 1 saturated heterocycles. The summed E-state index contributed by atoms with van der Waals surface area (Å²) in [6, 6.07) is 12.5. The van der Waals surface area contributed by atoms with E-state index in [0.717, 1.165) is 5.69 Å². The summed E-state index contributed by atoms with van der Waals surface area (Å²) in [6.07, 6.45) is -0.838. The molecule has 1 aliphatic rings. The van der Waals surface area contributed by atoms with E-state index < -0.39 is 18.6 Å². The fourth-order valence-corrected chi connectivity index (χ4v) is 3.24. The molecular weight excluding hydrogens is 350 g/mol. The fourth-order valence-electron chi connectivity index (χ4n) is 3.06. The highest BCUT2D eigenvalue weighted by atomic mass is 35.5. The van der Waals surface area contributed by atoms with Gasteiger partial charge in [-0.2, -0.15) is 0 Å². The molecule has 0 aliphatic carbocycles. The van der Waals surface area contributed by atoms with Crippen LogP contribution in [0.25, 0.3) is 5.65 Å². The van der Waals surface area contributed by atoms with Crippen LogP contribution in [-0.4, -0.2) is 51.8 Å². The summed E-state index contributed by atoms with van der Waals surface area (Å²) in [5.41, 5.74) is 0.583. The first-order chi connectivity index (χ1) is 14.2. The Morgan fingerprint density at radius 2 is 1.96 bits per heavy atom. The van der Waals surface area contributed by atoms with Crippen molar-refractivity contribution in [1.29, 1.82) is 0 Å². The summed E-state index contributed by atoms with van der Waals surface area (Å²) in [7, 11) is 0. The number of hydrogen-bond donors (Lipinski definition) is 0. The van der Waals surface area contributed by atoms with Crippen molar-refractivity contribution in [3.63, 3.8) is 0 Å². The zero-order chi connectivity index (χ0) is 21.5. The van der Waals surface area contributed by atoms with Crippen molar-refractivity contribution >= 4 is 22.9 Å². The lowest BCUT2D eigenvalue weighted by atomic mass is 10.2. The predicted molar refractivity (Wildman–Crippen MR) is 104 cm³/mol. The van der Waals surface area contributed by atoms with Gasteiger partial charge in [-0.1, -0.05) is 23.7 Å². The summed E-state index contributed by atoms with van der Waals surface area (Å²) >= 11 is 6.07. The van der Waals surface area contributed by atoms with Crippen molar-refractivity contribution in [3.8, 4) is 0 Å². The lowest BCUT2D eigenvalue weighted by Gasteiger charge is -2.36. The lowest BCUT2D eigenvalue weighted by molar-refractivity contribution is 0.248. The molecule has 0 radical (unpaired) electrons. The first-order valence-corrected chi connectivity index (χ1v) is 8.87. The standard InChI is InChI=1S/C19H22ClN5O/c20-16-5-3-6-17(15-16)23-13-11-22(12-14-23)8-4-10-25-19(26)24-9-2-1-7-18(24)21-25/h1-3,5-7,9,15H,4,8,10-14H2/i4D2,10D2. The molecule has 6 nitrogen and oxygen atoms in total. The largest absolute Gasteiger partial charge is 0.369 e. The van der Waals surface area contributed by atoms with Crippen LogP contribution in [0.4, 0.5) is 5.69 Å². The van der Waals surface area contributed by atoms with Crippen molar-refractivity contribution in [3.05, 3.63) is 64.2 Å². The lowest BCUT2D eigenvalue weighted by Crippen LogP contribution is -2.46. The molecule has 3 heterocycles. The maximum absolute atomic E-state index is 12.6. The second-order valence-electron chi connectivity index (χ2n) is 6.15. The van der Waals surface area contributed by atoms with Crippen molar-refractivity contribution < 1.29 is 5.48 Å². The van der Waals surface area contributed by atoms with Crippen LogP contribution in [0.1, 0.15) is 11.9 Å². The molecule has 0 unspecified atom stereocenters. The van der Waals surface area contributed by atoms with Crippen molar-refractivity contribution in [1.82, 2.24) is 19.1 Å². The van der Waals surface area contributed by atoms with Crippen molar-refractivity contribution in [2.24, 2.45) is 0 Å². The second-order valence-corrected chi connectivity index (χ2v) is 6.59. The number of aryl methyl sites for hydroxylation is 1. The first kappa shape index (κ1) is 12.9. The highest BCUT2D eigenvalue weighted by molar-refractivity contribution is 6.30. The van der Waals surface area contributed by atoms with Gasteiger partial charge in [0.15, 0.2) is 5.65 Å². The van der Waals surface area contributed by atoms with Crippen LogP contribution >= 0.6 is 11.6 Å². The quantitative estimate of drug-likeness (QED) is 0.686. The monoisotopic (exact) mass is 375 g/mol. The number of pyridine rings is 1. The third kappa shape index (κ3) is 3.61. The minimum Gasteiger partial charge on any atom is -0.369 e. The van der Waals surface area contributed by atoms with Gasteiger partial charge >= 0.3 is 5.69 Å². The Balaban J connectivity index is 1.48. The first-order valence-electron chi connectivity index (χ1n) is 10.5. The third-order valence-corrected chi connectivity index (χ3v) is 4.70. The maximum atomic E-state index is 12.6. The Bertz CT molecular complexity index is 1110. The number of aromatic nitrogens is 3. The van der Waals surface area contributed by atoms with Gasteiger partial charge < -0.3 is 4.90 Å². The summed E-state index contributed by atoms with van der Waals surface area (Å²) in [5, 5.41) is 4.68. The number of benzene rings is 1. The molecule has 2 aromatic heterocycles. The van der Waals surface area contributed by atoms with E-state index >= 15 is 0 Å². The highest BCUT2D eigenvalue weighted by Gasteiger charge is 2.17. The zero-order valence-electron chi connectivity index (χ0n) is 18.2. The number of hydrogen-bond acceptors (Lipinski definition) is 4. The normalized spacial score (nSPS) is 19.0. The Morgan fingerprint density at radius 1 is 1.12 bits per heavy atom. The van der Waals surface area contributed by atoms with Crippen LogP contribution in [0, 0.1) is 0 Å². The van der Waals surface area contributed by atoms with Crippen LogP contribution in [0.3, 0.4) is 0 Å². The average molecular weight is 376 g/mol. The summed E-state index contributed by atoms with van der Waals surface area (Å²) in [6.45, 7) is -0.268. The van der Waals surface area contributed by atoms with Gasteiger partial charge in [0, 0.05) is 58.9 Å². The smallest absolute Gasteiger partial charge is 0.350 e. The Morgan fingerprint density at radius 3 is 2.73 bits per heavy atom. The number of nitrogens with zero attached hydrogens (tertiary/aromatic N) is 5. The molecule has 1 aliphatic heterocycles. The molecule has 136 valence electrons. The van der Waals surface area contributed by atoms with Crippen LogP contribution in [0.5, 0.6) is 0 Å². The van der Waals surface area contributed by atoms with Crippen LogP contribution in [-0.2, 0) is 6.50 Å². The number of fused-ring (bicyclic) bond motifs is 1. The molecule has 4 rings (SSSR count). The molecule has 0 amide bonds. The van der Waals surface area contributed by atoms with E-state index in [1.807, 2.05) is 29.2 Å². The molecule has 1 aromatic carbocycles. The van der Waals surface area contributed by atoms with Crippen LogP contribution in [0.2, 0.25) is 5.02 Å². The molecule has 26 heavy (non-hydrogen) atoms. The molecule has 3 aromatic rings. The molecular formula is C19H22ClN5O. The predicted octanol–water partition coefficient (Wildman–Crippen LogP) is 2.36. The van der Waals surface area contributed by atoms with E-state index in [2.05, 4.69) is 10.00 Å². The SMILES string of the molecule is [2H]C([2H])(CN1CCN(c2cccc(Cl)c2)CC1)C([2H])([2H])n1nc2ccccn2c1=O. The van der Waals surface area contributed by atoms with E-state index in [-0.39, 0.29) is 12.2 Å². The molecule has 0 saturated carbocycles. The van der Waals surface area contributed by atoms with Crippen LogP contribution in [0.15, 0.2) is 53.5 Å². The van der Waals surface area contributed by atoms with E-state index in [9.17, 15) is 4.79 Å². The average Bonchev–Trinajstić information content (AvgIpc) is 3.06. The van der Waals surface area contributed by atoms with E-state index in [1.165, 1.54) is 10.6 Å². The Labute approximate surface area is 162 Å². The van der Waals surface area contributed by atoms with Gasteiger partial charge in [-0.3, -0.25) is 9.30 Å². The molecule has 0 N–H and O–H groups in total. The minimum atomic E-state index is -2.61. The van der Waals surface area contributed by atoms with Gasteiger partial charge in [-0.15, -0.1) is 5.10 Å². The van der Waals surface area contributed by atoms with E-state index in [1.54, 1.807) is 18.2 Å². The van der Waals surface area contributed by atoms with Gasteiger partial charge in [-0.25, -0.2) is 9.48 Å². The van der Waals surface area contributed by atoms with Gasteiger partial charge in [0.25, 0.3) is 0 Å². The number of anilines is 1. The number of rotatable bonds is 5. The second kappa shape index (κ2) is 7.51. The molecule has 7 heteroatoms.